The average molecular weight is 807 g/mol. The van der Waals surface area contributed by atoms with Crippen LogP contribution in [-0.2, 0) is 0 Å². The van der Waals surface area contributed by atoms with E-state index in [1.54, 1.807) is 0 Å². The summed E-state index contributed by atoms with van der Waals surface area (Å²) in [6, 6.07) is 82.5. The van der Waals surface area contributed by atoms with E-state index < -0.39 is 0 Å². The molecule has 0 N–H and O–H groups in total. The first-order chi connectivity index (χ1) is 31.3. The highest BCUT2D eigenvalue weighted by atomic mass is 15.3. The Bertz CT molecular complexity index is 3820. The van der Waals surface area contributed by atoms with Crippen LogP contribution in [0.25, 0.3) is 88.9 Å². The fourth-order valence-corrected chi connectivity index (χ4v) is 9.79. The predicted molar refractivity (Wildman–Crippen MR) is 261 cm³/mol. The van der Waals surface area contributed by atoms with Crippen LogP contribution in [0.3, 0.4) is 0 Å². The highest BCUT2D eigenvalue weighted by Gasteiger charge is 2.26. The van der Waals surface area contributed by atoms with E-state index in [9.17, 15) is 0 Å². The zero-order chi connectivity index (χ0) is 41.4. The highest BCUT2D eigenvalue weighted by molar-refractivity contribution is 6.12. The first kappa shape index (κ1) is 35.2. The molecule has 0 aliphatic carbocycles. The van der Waals surface area contributed by atoms with Crippen molar-refractivity contribution in [3.8, 4) is 28.2 Å². The molecule has 0 bridgehead atoms. The Hall–Kier alpha value is -8.61. The largest absolute Gasteiger partial charge is 0.310 e. The number of benzene rings is 9. The Morgan fingerprint density at radius 1 is 0.333 bits per heavy atom. The Morgan fingerprint density at radius 2 is 0.810 bits per heavy atom. The molecule has 0 aliphatic rings. The van der Waals surface area contributed by atoms with Gasteiger partial charge in [0.15, 0.2) is 5.65 Å². The van der Waals surface area contributed by atoms with Crippen LogP contribution in [0.1, 0.15) is 0 Å². The summed E-state index contributed by atoms with van der Waals surface area (Å²) in [5.74, 6) is 0.864. The van der Waals surface area contributed by atoms with Gasteiger partial charge in [-0.25, -0.2) is 4.98 Å². The minimum Gasteiger partial charge on any atom is -0.310 e. The van der Waals surface area contributed by atoms with Crippen molar-refractivity contribution in [1.82, 2.24) is 23.1 Å². The lowest BCUT2D eigenvalue weighted by Gasteiger charge is -2.26. The molecule has 63 heavy (non-hydrogen) atoms. The molecule has 13 aromatic rings. The topological polar surface area (TPSA) is 35.3 Å². The summed E-state index contributed by atoms with van der Waals surface area (Å²) in [6.45, 7) is 0. The molecule has 4 aromatic heterocycles. The van der Waals surface area contributed by atoms with Crippen LogP contribution >= 0.6 is 0 Å². The second-order valence-electron chi connectivity index (χ2n) is 16.1. The number of rotatable bonds is 7. The van der Waals surface area contributed by atoms with E-state index in [-0.39, 0.29) is 0 Å². The van der Waals surface area contributed by atoms with E-state index in [0.717, 1.165) is 73.1 Å². The maximum Gasteiger partial charge on any atom is 0.221 e. The molecule has 4 heterocycles. The van der Waals surface area contributed by atoms with Crippen molar-refractivity contribution in [1.29, 1.82) is 0 Å². The van der Waals surface area contributed by atoms with Gasteiger partial charge in [-0.3, -0.25) is 13.5 Å². The smallest absolute Gasteiger partial charge is 0.221 e. The molecular weight excluding hydrogens is 769 g/mol. The number of hydrogen-bond acceptors (Lipinski definition) is 2. The highest BCUT2D eigenvalue weighted by Crippen LogP contribution is 2.43. The molecule has 0 spiro atoms. The number of para-hydroxylation sites is 5. The van der Waals surface area contributed by atoms with Crippen molar-refractivity contribution in [3.05, 3.63) is 231 Å². The third-order valence-electron chi connectivity index (χ3n) is 12.5. The summed E-state index contributed by atoms with van der Waals surface area (Å²) in [4.78, 5) is 7.91. The van der Waals surface area contributed by atoms with Crippen LogP contribution in [0.5, 0.6) is 0 Å². The Kier molecular flexibility index (Phi) is 7.80. The first-order valence-corrected chi connectivity index (χ1v) is 21.4. The van der Waals surface area contributed by atoms with Crippen molar-refractivity contribution in [2.45, 2.75) is 0 Å². The lowest BCUT2D eigenvalue weighted by molar-refractivity contribution is 1.09. The number of aromatic nitrogens is 5. The number of nitrogens with zero attached hydrogens (tertiary/aromatic N) is 6. The minimum atomic E-state index is 0.864. The van der Waals surface area contributed by atoms with Crippen molar-refractivity contribution in [2.75, 3.05) is 4.90 Å². The molecular formula is C57H38N6. The minimum absolute atomic E-state index is 0.864. The summed E-state index contributed by atoms with van der Waals surface area (Å²) in [5.41, 5.74) is 16.4. The number of imidazole rings is 2. The van der Waals surface area contributed by atoms with Crippen LogP contribution in [0.15, 0.2) is 231 Å². The van der Waals surface area contributed by atoms with E-state index in [1.807, 2.05) is 0 Å². The normalized spacial score (nSPS) is 11.8. The summed E-state index contributed by atoms with van der Waals surface area (Å²) >= 11 is 0. The number of anilines is 3. The summed E-state index contributed by atoms with van der Waals surface area (Å²) in [7, 11) is 0. The summed E-state index contributed by atoms with van der Waals surface area (Å²) < 4.78 is 9.42. The van der Waals surface area contributed by atoms with Crippen LogP contribution in [0, 0.1) is 0 Å². The molecule has 9 aromatic carbocycles. The van der Waals surface area contributed by atoms with E-state index in [4.69, 9.17) is 4.98 Å². The molecule has 0 amide bonds. The van der Waals surface area contributed by atoms with E-state index >= 15 is 0 Å². The van der Waals surface area contributed by atoms with Gasteiger partial charge in [-0.2, -0.15) is 0 Å². The molecule has 6 nitrogen and oxygen atoms in total. The SMILES string of the molecule is c1ccc(-c2ccc(N(c3ccc4c(c3)nc3n(-c5ccccc5)c5c6ccccc6n(-c6ccccc6)c5n43)c3ccc4c(c3)c3ccccc3n4-c3ccccc3)cc2)cc1. The Morgan fingerprint density at radius 3 is 1.48 bits per heavy atom. The van der Waals surface area contributed by atoms with Gasteiger partial charge in [0.25, 0.3) is 0 Å². The van der Waals surface area contributed by atoms with Crippen LogP contribution in [0.4, 0.5) is 17.1 Å². The van der Waals surface area contributed by atoms with Gasteiger partial charge in [-0.05, 0) is 108 Å². The fraction of sp³-hybridized carbons (Fsp3) is 0. The maximum atomic E-state index is 5.54. The zero-order valence-electron chi connectivity index (χ0n) is 34.1. The van der Waals surface area contributed by atoms with E-state index in [2.05, 4.69) is 254 Å². The van der Waals surface area contributed by atoms with E-state index in [1.165, 1.54) is 32.8 Å². The lowest BCUT2D eigenvalue weighted by Crippen LogP contribution is -2.10. The second kappa shape index (κ2) is 14.0. The number of hydrogen-bond donors (Lipinski definition) is 0. The fourth-order valence-electron chi connectivity index (χ4n) is 9.79. The Labute approximate surface area is 363 Å². The molecule has 0 unspecified atom stereocenters. The summed E-state index contributed by atoms with van der Waals surface area (Å²) in [6.07, 6.45) is 0. The predicted octanol–water partition coefficient (Wildman–Crippen LogP) is 14.6. The molecule has 13 rings (SSSR count). The summed E-state index contributed by atoms with van der Waals surface area (Å²) in [5, 5.41) is 3.58. The van der Waals surface area contributed by atoms with Crippen LogP contribution in [0.2, 0.25) is 0 Å². The van der Waals surface area contributed by atoms with Gasteiger partial charge in [0.2, 0.25) is 5.78 Å². The maximum absolute atomic E-state index is 5.54. The third kappa shape index (κ3) is 5.41. The van der Waals surface area contributed by atoms with Crippen LogP contribution < -0.4 is 4.90 Å². The van der Waals surface area contributed by atoms with Crippen molar-refractivity contribution >= 4 is 77.7 Å². The van der Waals surface area contributed by atoms with Crippen molar-refractivity contribution in [2.24, 2.45) is 0 Å². The molecule has 0 aliphatic heterocycles. The molecule has 0 fully saturated rings. The quantitative estimate of drug-likeness (QED) is 0.161. The van der Waals surface area contributed by atoms with Gasteiger partial charge >= 0.3 is 0 Å². The van der Waals surface area contributed by atoms with Gasteiger partial charge in [0.05, 0.1) is 27.6 Å². The first-order valence-electron chi connectivity index (χ1n) is 21.4. The zero-order valence-corrected chi connectivity index (χ0v) is 34.1. The standard InChI is InChI=1S/C57H38N6/c1-5-17-39(18-6-1)40-29-31-44(32-30-40)59(45-33-35-53-49(37-45)47-25-13-15-27-51(47)60(53)41-19-7-2-8-20-41)46-34-36-54-50(38-46)58-57-62(43-23-11-4-12-24-43)55-48-26-14-16-28-52(48)61(56(55)63(54)57)42-21-9-3-10-22-42/h1-38H. The third-order valence-corrected chi connectivity index (χ3v) is 12.5. The second-order valence-corrected chi connectivity index (χ2v) is 16.1. The van der Waals surface area contributed by atoms with Gasteiger partial charge in [-0.1, -0.05) is 133 Å². The molecule has 0 saturated heterocycles. The molecule has 0 radical (unpaired) electrons. The lowest BCUT2D eigenvalue weighted by atomic mass is 10.0. The van der Waals surface area contributed by atoms with Crippen molar-refractivity contribution in [3.63, 3.8) is 0 Å². The molecule has 296 valence electrons. The Balaban J connectivity index is 1.06. The van der Waals surface area contributed by atoms with E-state index in [0.29, 0.717) is 0 Å². The van der Waals surface area contributed by atoms with Gasteiger partial charge in [-0.15, -0.1) is 0 Å². The molecule has 0 atom stereocenters. The average Bonchev–Trinajstić information content (AvgIpc) is 4.08. The van der Waals surface area contributed by atoms with Gasteiger partial charge in [0, 0.05) is 50.3 Å². The molecule has 0 saturated carbocycles. The molecule has 6 heteroatoms. The van der Waals surface area contributed by atoms with Gasteiger partial charge < -0.3 is 9.47 Å². The van der Waals surface area contributed by atoms with Crippen molar-refractivity contribution < 1.29 is 0 Å². The van der Waals surface area contributed by atoms with Gasteiger partial charge in [0.1, 0.15) is 5.52 Å². The monoisotopic (exact) mass is 806 g/mol. The van der Waals surface area contributed by atoms with Crippen LogP contribution in [-0.4, -0.2) is 23.1 Å². The number of fused-ring (bicyclic) bond motifs is 10.